The highest BCUT2D eigenvalue weighted by molar-refractivity contribution is 5.92. The van der Waals surface area contributed by atoms with Gasteiger partial charge in [-0.05, 0) is 66.8 Å². The average Bonchev–Trinajstić information content (AvgIpc) is 3.45. The minimum absolute atomic E-state index is 0.00450. The maximum absolute atomic E-state index is 15.2. The Morgan fingerprint density at radius 2 is 1.55 bits per heavy atom. The molecule has 0 aliphatic carbocycles. The Kier molecular flexibility index (Phi) is 7.08. The molecule has 2 aromatic heterocycles. The number of urea groups is 1. The van der Waals surface area contributed by atoms with Crippen molar-refractivity contribution in [2.24, 2.45) is 0 Å². The van der Waals surface area contributed by atoms with Gasteiger partial charge in [0.15, 0.2) is 0 Å². The predicted octanol–water partition coefficient (Wildman–Crippen LogP) is 6.57. The third kappa shape index (κ3) is 5.51. The number of alkyl halides is 3. The van der Waals surface area contributed by atoms with Gasteiger partial charge in [0.2, 0.25) is 5.89 Å². The summed E-state index contributed by atoms with van der Waals surface area (Å²) in [6.45, 7) is 1.16. The van der Waals surface area contributed by atoms with Crippen LogP contribution in [-0.4, -0.2) is 39.2 Å². The van der Waals surface area contributed by atoms with E-state index in [1.165, 1.54) is 17.0 Å². The van der Waals surface area contributed by atoms with Gasteiger partial charge >= 0.3 is 18.1 Å². The van der Waals surface area contributed by atoms with Gasteiger partial charge in [-0.25, -0.2) is 9.18 Å². The van der Waals surface area contributed by atoms with Crippen molar-refractivity contribution in [2.75, 3.05) is 18.0 Å². The van der Waals surface area contributed by atoms with E-state index in [-0.39, 0.29) is 23.7 Å². The molecule has 0 N–H and O–H groups in total. The van der Waals surface area contributed by atoms with Crippen LogP contribution in [0.2, 0.25) is 0 Å². The van der Waals surface area contributed by atoms with Gasteiger partial charge in [-0.3, -0.25) is 9.88 Å². The third-order valence-electron chi connectivity index (χ3n) is 6.35. The lowest BCUT2D eigenvalue weighted by atomic mass is 10.1. The maximum atomic E-state index is 15.2. The number of piperidine rings is 1. The monoisotopic (exact) mass is 525 g/mol. The summed E-state index contributed by atoms with van der Waals surface area (Å²) in [5.41, 5.74) is 2.69. The topological polar surface area (TPSA) is 75.4 Å². The molecular formula is C27H23F4N5O2. The van der Waals surface area contributed by atoms with E-state index in [9.17, 15) is 18.0 Å². The van der Waals surface area contributed by atoms with Crippen molar-refractivity contribution in [3.05, 3.63) is 84.3 Å². The van der Waals surface area contributed by atoms with Gasteiger partial charge in [0.1, 0.15) is 5.82 Å². The minimum atomic E-state index is -4.80. The third-order valence-corrected chi connectivity index (χ3v) is 6.35. The summed E-state index contributed by atoms with van der Waals surface area (Å²) in [5, 5.41) is 6.36. The standard InChI is InChI=1S/C27H23F4N5O2/c28-23-16-20(24-33-34-25(38-24)27(29,30)31)4-5-21(23)17-36(26(37)35-14-2-1-3-15-35)22-8-6-18(7-9-22)19-10-12-32-13-11-19/h4-13,16H,1-3,14-15,17H2. The van der Waals surface area contributed by atoms with Crippen LogP contribution in [0.1, 0.15) is 30.7 Å². The largest absolute Gasteiger partial charge is 0.470 e. The first-order chi connectivity index (χ1) is 18.3. The minimum Gasteiger partial charge on any atom is -0.413 e. The second kappa shape index (κ2) is 10.6. The normalized spacial score (nSPS) is 13.9. The Morgan fingerprint density at radius 1 is 0.895 bits per heavy atom. The van der Waals surface area contributed by atoms with Crippen LogP contribution in [0, 0.1) is 5.82 Å². The molecule has 7 nitrogen and oxygen atoms in total. The number of halogens is 4. The first-order valence-corrected chi connectivity index (χ1v) is 12.1. The fourth-order valence-corrected chi connectivity index (χ4v) is 4.34. The molecule has 1 fully saturated rings. The molecule has 196 valence electrons. The molecule has 2 amide bonds. The van der Waals surface area contributed by atoms with E-state index in [0.717, 1.165) is 36.5 Å². The second-order valence-corrected chi connectivity index (χ2v) is 8.92. The maximum Gasteiger partial charge on any atom is 0.470 e. The van der Waals surface area contributed by atoms with Crippen molar-refractivity contribution in [1.29, 1.82) is 0 Å². The number of hydrogen-bond acceptors (Lipinski definition) is 5. The van der Waals surface area contributed by atoms with Crippen LogP contribution in [0.25, 0.3) is 22.6 Å². The number of nitrogens with zero attached hydrogens (tertiary/aromatic N) is 5. The van der Waals surface area contributed by atoms with Crippen molar-refractivity contribution in [1.82, 2.24) is 20.1 Å². The van der Waals surface area contributed by atoms with Crippen molar-refractivity contribution < 1.29 is 26.8 Å². The number of carbonyl (C=O) groups excluding carboxylic acids is 1. The summed E-state index contributed by atoms with van der Waals surface area (Å²) in [6, 6.07) is 14.7. The van der Waals surface area contributed by atoms with Gasteiger partial charge in [-0.2, -0.15) is 13.2 Å². The lowest BCUT2D eigenvalue weighted by molar-refractivity contribution is -0.156. The first kappa shape index (κ1) is 25.4. The number of benzene rings is 2. The van der Waals surface area contributed by atoms with E-state index >= 15 is 4.39 Å². The van der Waals surface area contributed by atoms with Gasteiger partial charge in [0.25, 0.3) is 0 Å². The van der Waals surface area contributed by atoms with Crippen molar-refractivity contribution in [3.8, 4) is 22.6 Å². The van der Waals surface area contributed by atoms with Crippen LogP contribution in [0.3, 0.4) is 0 Å². The van der Waals surface area contributed by atoms with Crippen LogP contribution >= 0.6 is 0 Å². The molecule has 38 heavy (non-hydrogen) atoms. The molecule has 0 spiro atoms. The van der Waals surface area contributed by atoms with Gasteiger partial charge in [0.05, 0.1) is 6.54 Å². The molecule has 0 bridgehead atoms. The Labute approximate surface area is 215 Å². The molecule has 0 unspecified atom stereocenters. The Morgan fingerprint density at radius 3 is 2.18 bits per heavy atom. The van der Waals surface area contributed by atoms with E-state index in [0.29, 0.717) is 18.8 Å². The Balaban J connectivity index is 1.43. The fraction of sp³-hybridized carbons (Fsp3) is 0.259. The predicted molar refractivity (Wildman–Crippen MR) is 131 cm³/mol. The van der Waals surface area contributed by atoms with E-state index in [4.69, 9.17) is 0 Å². The summed E-state index contributed by atoms with van der Waals surface area (Å²) < 4.78 is 58.2. The van der Waals surface area contributed by atoms with Crippen molar-refractivity contribution in [2.45, 2.75) is 32.0 Å². The molecule has 1 saturated heterocycles. The number of anilines is 1. The Bertz CT molecular complexity index is 1400. The van der Waals surface area contributed by atoms with Crippen LogP contribution in [-0.2, 0) is 12.7 Å². The summed E-state index contributed by atoms with van der Waals surface area (Å²) >= 11 is 0. The number of likely N-dealkylation sites (tertiary alicyclic amines) is 1. The van der Waals surface area contributed by atoms with Crippen molar-refractivity contribution >= 4 is 11.7 Å². The van der Waals surface area contributed by atoms with E-state index in [1.807, 2.05) is 24.3 Å². The molecule has 1 aliphatic rings. The zero-order valence-electron chi connectivity index (χ0n) is 20.2. The molecule has 2 aromatic carbocycles. The number of aromatic nitrogens is 3. The van der Waals surface area contributed by atoms with E-state index in [1.54, 1.807) is 29.4 Å². The first-order valence-electron chi connectivity index (χ1n) is 12.1. The number of rotatable bonds is 5. The van der Waals surface area contributed by atoms with Gasteiger partial charge in [-0.15, -0.1) is 10.2 Å². The zero-order valence-corrected chi connectivity index (χ0v) is 20.2. The summed E-state index contributed by atoms with van der Waals surface area (Å²) in [7, 11) is 0. The van der Waals surface area contributed by atoms with Crippen LogP contribution in [0.15, 0.2) is 71.4 Å². The van der Waals surface area contributed by atoms with E-state index < -0.39 is 23.8 Å². The molecule has 0 atom stereocenters. The fourth-order valence-electron chi connectivity index (χ4n) is 4.34. The van der Waals surface area contributed by atoms with Crippen LogP contribution < -0.4 is 4.90 Å². The number of pyridine rings is 1. The molecule has 0 saturated carbocycles. The molecule has 1 aliphatic heterocycles. The lowest BCUT2D eigenvalue weighted by Crippen LogP contribution is -2.45. The molecule has 4 aromatic rings. The number of amides is 2. The molecular weight excluding hydrogens is 502 g/mol. The highest BCUT2D eigenvalue weighted by Gasteiger charge is 2.38. The van der Waals surface area contributed by atoms with E-state index in [2.05, 4.69) is 19.6 Å². The van der Waals surface area contributed by atoms with Gasteiger partial charge in [-0.1, -0.05) is 18.2 Å². The van der Waals surface area contributed by atoms with Crippen LogP contribution in [0.5, 0.6) is 0 Å². The summed E-state index contributed by atoms with van der Waals surface area (Å²) in [6.07, 6.45) is 1.43. The average molecular weight is 526 g/mol. The SMILES string of the molecule is O=C(N1CCCCC1)N(Cc1ccc(-c2nnc(C(F)(F)F)o2)cc1F)c1ccc(-c2ccncc2)cc1. The second-order valence-electron chi connectivity index (χ2n) is 8.92. The lowest BCUT2D eigenvalue weighted by Gasteiger charge is -2.33. The van der Waals surface area contributed by atoms with Crippen LogP contribution in [0.4, 0.5) is 28.0 Å². The quantitative estimate of drug-likeness (QED) is 0.276. The van der Waals surface area contributed by atoms with Gasteiger partial charge in [0, 0.05) is 42.3 Å². The Hall–Kier alpha value is -4.28. The summed E-state index contributed by atoms with van der Waals surface area (Å²) in [5.74, 6) is -2.67. The molecule has 11 heteroatoms. The summed E-state index contributed by atoms with van der Waals surface area (Å²) in [4.78, 5) is 20.8. The molecule has 3 heterocycles. The highest BCUT2D eigenvalue weighted by atomic mass is 19.4. The smallest absolute Gasteiger partial charge is 0.413 e. The molecule has 5 rings (SSSR count). The highest BCUT2D eigenvalue weighted by Crippen LogP contribution is 2.31. The van der Waals surface area contributed by atoms with Gasteiger partial charge < -0.3 is 9.32 Å². The number of carbonyl (C=O) groups is 1. The number of hydrogen-bond donors (Lipinski definition) is 0. The zero-order chi connectivity index (χ0) is 26.7. The van der Waals surface area contributed by atoms with Crippen molar-refractivity contribution in [3.63, 3.8) is 0 Å². The molecule has 0 radical (unpaired) electrons.